The monoisotopic (exact) mass is 271 g/mol. The Morgan fingerprint density at radius 2 is 2.17 bits per heavy atom. The summed E-state index contributed by atoms with van der Waals surface area (Å²) in [6.45, 7) is 9.51. The zero-order valence-corrected chi connectivity index (χ0v) is 12.5. The lowest BCUT2D eigenvalue weighted by atomic mass is 10.1. The number of rotatable bonds is 10. The number of thioether (sulfide) groups is 1. The summed E-state index contributed by atoms with van der Waals surface area (Å²) in [5, 5.41) is 16.1. The Kier molecular flexibility index (Phi) is 8.00. The Balaban J connectivity index is 2.22. The van der Waals surface area contributed by atoms with Crippen LogP contribution < -0.4 is 5.32 Å². The molecule has 0 atom stereocenters. The number of nitrogens with zero attached hydrogens (tertiary/aromatic N) is 4. The maximum Gasteiger partial charge on any atom is 0.209 e. The highest BCUT2D eigenvalue weighted by molar-refractivity contribution is 7.99. The van der Waals surface area contributed by atoms with Crippen LogP contribution in [-0.4, -0.2) is 39.0 Å². The fraction of sp³-hybridized carbons (Fsp3) is 0.917. The number of tetrazole rings is 1. The highest BCUT2D eigenvalue weighted by Crippen LogP contribution is 2.16. The third-order valence-corrected chi connectivity index (χ3v) is 3.63. The molecular formula is C12H25N5S. The second-order valence-corrected chi connectivity index (χ2v) is 5.88. The summed E-state index contributed by atoms with van der Waals surface area (Å²) >= 11 is 1.76. The molecule has 0 fully saturated rings. The molecule has 104 valence electrons. The Bertz CT molecular complexity index is 313. The molecule has 1 heterocycles. The maximum absolute atomic E-state index is 4.07. The molecular weight excluding hydrogens is 246 g/mol. The van der Waals surface area contributed by atoms with Crippen molar-refractivity contribution < 1.29 is 0 Å². The minimum Gasteiger partial charge on any atom is -0.315 e. The first-order valence-electron chi connectivity index (χ1n) is 6.83. The molecule has 0 aromatic carbocycles. The van der Waals surface area contributed by atoms with Crippen LogP contribution in [0.2, 0.25) is 0 Å². The van der Waals surface area contributed by atoms with E-state index in [1.165, 1.54) is 12.8 Å². The average molecular weight is 271 g/mol. The van der Waals surface area contributed by atoms with Crippen LogP contribution in [0.3, 0.4) is 0 Å². The molecule has 0 aliphatic rings. The van der Waals surface area contributed by atoms with Gasteiger partial charge in [-0.25, -0.2) is 4.68 Å². The first-order chi connectivity index (χ1) is 8.74. The van der Waals surface area contributed by atoms with Gasteiger partial charge in [-0.2, -0.15) is 0 Å². The Labute approximate surface area is 114 Å². The van der Waals surface area contributed by atoms with Crippen molar-refractivity contribution in [3.05, 3.63) is 0 Å². The normalized spacial score (nSPS) is 11.3. The predicted octanol–water partition coefficient (Wildman–Crippen LogP) is 2.20. The van der Waals surface area contributed by atoms with Gasteiger partial charge in [-0.3, -0.25) is 0 Å². The summed E-state index contributed by atoms with van der Waals surface area (Å²) in [7, 11) is 0. The summed E-state index contributed by atoms with van der Waals surface area (Å²) < 4.78 is 1.89. The van der Waals surface area contributed by atoms with E-state index in [-0.39, 0.29) is 0 Å². The van der Waals surface area contributed by atoms with Gasteiger partial charge < -0.3 is 5.32 Å². The van der Waals surface area contributed by atoms with Crippen LogP contribution in [0, 0.1) is 5.92 Å². The zero-order chi connectivity index (χ0) is 13.2. The van der Waals surface area contributed by atoms with Crippen molar-refractivity contribution in [2.75, 3.05) is 18.8 Å². The molecule has 18 heavy (non-hydrogen) atoms. The van der Waals surface area contributed by atoms with Crippen LogP contribution in [0.1, 0.15) is 40.0 Å². The lowest BCUT2D eigenvalue weighted by Gasteiger charge is -2.06. The summed E-state index contributed by atoms with van der Waals surface area (Å²) in [6.07, 6.45) is 3.66. The van der Waals surface area contributed by atoms with Crippen molar-refractivity contribution in [3.63, 3.8) is 0 Å². The largest absolute Gasteiger partial charge is 0.315 e. The number of hydrogen-bond acceptors (Lipinski definition) is 5. The van der Waals surface area contributed by atoms with Crippen molar-refractivity contribution in [2.24, 2.45) is 5.92 Å². The Morgan fingerprint density at radius 3 is 2.89 bits per heavy atom. The summed E-state index contributed by atoms with van der Waals surface area (Å²) in [5.41, 5.74) is 0. The van der Waals surface area contributed by atoms with E-state index in [1.807, 2.05) is 4.68 Å². The molecule has 0 saturated heterocycles. The van der Waals surface area contributed by atoms with Crippen LogP contribution in [0.15, 0.2) is 5.16 Å². The van der Waals surface area contributed by atoms with Crippen LogP contribution in [-0.2, 0) is 6.54 Å². The fourth-order valence-corrected chi connectivity index (χ4v) is 2.45. The van der Waals surface area contributed by atoms with Crippen molar-refractivity contribution in [3.8, 4) is 0 Å². The van der Waals surface area contributed by atoms with E-state index in [9.17, 15) is 0 Å². The lowest BCUT2D eigenvalue weighted by molar-refractivity contribution is 0.510. The van der Waals surface area contributed by atoms with Crippen LogP contribution in [0.5, 0.6) is 0 Å². The van der Waals surface area contributed by atoms with E-state index in [4.69, 9.17) is 0 Å². The average Bonchev–Trinajstić information content (AvgIpc) is 2.78. The standard InChI is InChI=1S/C12H25N5S/c1-4-7-13-8-9-17-12(14-15-16-17)18-10-5-6-11(2)3/h11,13H,4-10H2,1-3H3. The molecule has 0 aliphatic carbocycles. The van der Waals surface area contributed by atoms with Crippen molar-refractivity contribution >= 4 is 11.8 Å². The third kappa shape index (κ3) is 6.35. The van der Waals surface area contributed by atoms with Gasteiger partial charge >= 0.3 is 0 Å². The van der Waals surface area contributed by atoms with Gasteiger partial charge in [-0.15, -0.1) is 5.10 Å². The molecule has 6 heteroatoms. The molecule has 0 radical (unpaired) electrons. The van der Waals surface area contributed by atoms with Crippen molar-refractivity contribution in [2.45, 2.75) is 51.7 Å². The van der Waals surface area contributed by atoms with Gasteiger partial charge in [0.05, 0.1) is 6.54 Å². The van der Waals surface area contributed by atoms with Crippen LogP contribution in [0.25, 0.3) is 0 Å². The van der Waals surface area contributed by atoms with Crippen LogP contribution >= 0.6 is 11.8 Å². The van der Waals surface area contributed by atoms with E-state index in [1.54, 1.807) is 11.8 Å². The molecule has 1 rings (SSSR count). The molecule has 0 unspecified atom stereocenters. The van der Waals surface area contributed by atoms with E-state index in [0.717, 1.165) is 42.9 Å². The molecule has 0 spiro atoms. The minimum atomic E-state index is 0.778. The topological polar surface area (TPSA) is 55.6 Å². The first-order valence-corrected chi connectivity index (χ1v) is 7.82. The SMILES string of the molecule is CCCNCCn1nnnc1SCCCC(C)C. The molecule has 1 aromatic rings. The lowest BCUT2D eigenvalue weighted by Crippen LogP contribution is -2.21. The second kappa shape index (κ2) is 9.33. The quantitative estimate of drug-likeness (QED) is 0.522. The Morgan fingerprint density at radius 1 is 1.33 bits per heavy atom. The second-order valence-electron chi connectivity index (χ2n) is 4.82. The number of hydrogen-bond donors (Lipinski definition) is 1. The van der Waals surface area contributed by atoms with Gasteiger partial charge in [0.2, 0.25) is 5.16 Å². The van der Waals surface area contributed by atoms with Crippen molar-refractivity contribution in [1.82, 2.24) is 25.5 Å². The third-order valence-electron chi connectivity index (χ3n) is 2.58. The van der Waals surface area contributed by atoms with Crippen molar-refractivity contribution in [1.29, 1.82) is 0 Å². The van der Waals surface area contributed by atoms with E-state index in [0.29, 0.717) is 0 Å². The molecule has 0 saturated carbocycles. The van der Waals surface area contributed by atoms with Gasteiger partial charge in [0.1, 0.15) is 0 Å². The highest BCUT2D eigenvalue weighted by atomic mass is 32.2. The number of nitrogens with one attached hydrogen (secondary N) is 1. The predicted molar refractivity (Wildman–Crippen MR) is 75.8 cm³/mol. The molecule has 0 aliphatic heterocycles. The molecule has 5 nitrogen and oxygen atoms in total. The van der Waals surface area contributed by atoms with E-state index < -0.39 is 0 Å². The smallest absolute Gasteiger partial charge is 0.209 e. The van der Waals surface area contributed by atoms with Gasteiger partial charge in [-0.05, 0) is 35.7 Å². The van der Waals surface area contributed by atoms with E-state index >= 15 is 0 Å². The summed E-state index contributed by atoms with van der Waals surface area (Å²) in [4.78, 5) is 0. The molecule has 0 bridgehead atoms. The molecule has 0 amide bonds. The summed E-state index contributed by atoms with van der Waals surface area (Å²) in [5.74, 6) is 1.88. The zero-order valence-electron chi connectivity index (χ0n) is 11.7. The fourth-order valence-electron chi connectivity index (χ4n) is 1.58. The minimum absolute atomic E-state index is 0.778. The molecule has 1 N–H and O–H groups in total. The highest BCUT2D eigenvalue weighted by Gasteiger charge is 2.06. The van der Waals surface area contributed by atoms with Crippen LogP contribution in [0.4, 0.5) is 0 Å². The van der Waals surface area contributed by atoms with Gasteiger partial charge in [-0.1, -0.05) is 39.0 Å². The molecule has 1 aromatic heterocycles. The maximum atomic E-state index is 4.07. The summed E-state index contributed by atoms with van der Waals surface area (Å²) in [6, 6.07) is 0. The van der Waals surface area contributed by atoms with Gasteiger partial charge in [0.15, 0.2) is 0 Å². The van der Waals surface area contributed by atoms with E-state index in [2.05, 4.69) is 41.6 Å². The van der Waals surface area contributed by atoms with Gasteiger partial charge in [0, 0.05) is 12.3 Å². The Hall–Kier alpha value is -0.620. The first kappa shape index (κ1) is 15.4. The van der Waals surface area contributed by atoms with Gasteiger partial charge in [0.25, 0.3) is 0 Å². The number of aromatic nitrogens is 4.